The third kappa shape index (κ3) is 4.95. The van der Waals surface area contributed by atoms with Gasteiger partial charge in [-0.25, -0.2) is 4.79 Å². The van der Waals surface area contributed by atoms with Crippen LogP contribution < -0.4 is 10.6 Å². The summed E-state index contributed by atoms with van der Waals surface area (Å²) in [4.78, 5) is 37.8. The average molecular weight is 382 g/mol. The van der Waals surface area contributed by atoms with Crippen LogP contribution in [0.2, 0.25) is 5.02 Å². The van der Waals surface area contributed by atoms with E-state index in [1.165, 1.54) is 0 Å². The quantitative estimate of drug-likeness (QED) is 0.596. The molecule has 0 bridgehead atoms. The van der Waals surface area contributed by atoms with Gasteiger partial charge in [0.15, 0.2) is 0 Å². The van der Waals surface area contributed by atoms with Gasteiger partial charge in [-0.3, -0.25) is 14.5 Å². The van der Waals surface area contributed by atoms with Crippen molar-refractivity contribution in [1.82, 2.24) is 15.5 Å². The number of aliphatic hydroxyl groups excluding tert-OH is 1. The maximum absolute atomic E-state index is 12.5. The van der Waals surface area contributed by atoms with Crippen LogP contribution in [-0.4, -0.2) is 46.5 Å². The fourth-order valence-electron chi connectivity index (χ4n) is 2.79. The number of halogens is 1. The first-order chi connectivity index (χ1) is 12.3. The normalized spacial score (nSPS) is 19.2. The largest absolute Gasteiger partial charge is 0.394 e. The SMILES string of the molecule is CCC(C)C(CO)NC(=O)CC1NC(=O)N(Cc2cccc(Cl)c2)C1=O. The Labute approximate surface area is 157 Å². The number of hydrogen-bond donors (Lipinski definition) is 3. The Hall–Kier alpha value is -2.12. The molecule has 4 amide bonds. The first-order valence-electron chi connectivity index (χ1n) is 8.62. The summed E-state index contributed by atoms with van der Waals surface area (Å²) in [5.74, 6) is -0.723. The summed E-state index contributed by atoms with van der Waals surface area (Å²) in [6.45, 7) is 3.81. The van der Waals surface area contributed by atoms with Crippen molar-refractivity contribution in [1.29, 1.82) is 0 Å². The molecule has 1 saturated heterocycles. The lowest BCUT2D eigenvalue weighted by Gasteiger charge is -2.22. The molecule has 1 aliphatic heterocycles. The van der Waals surface area contributed by atoms with Crippen LogP contribution in [0.1, 0.15) is 32.3 Å². The lowest BCUT2D eigenvalue weighted by molar-refractivity contribution is -0.131. The Balaban J connectivity index is 1.96. The molecule has 1 aliphatic rings. The first-order valence-corrected chi connectivity index (χ1v) is 9.00. The molecule has 3 atom stereocenters. The van der Waals surface area contributed by atoms with Crippen molar-refractivity contribution >= 4 is 29.4 Å². The Morgan fingerprint density at radius 3 is 2.77 bits per heavy atom. The Bertz CT molecular complexity index is 682. The van der Waals surface area contributed by atoms with Gasteiger partial charge in [0.25, 0.3) is 5.91 Å². The molecular formula is C18H24ClN3O4. The van der Waals surface area contributed by atoms with Crippen molar-refractivity contribution in [2.24, 2.45) is 5.92 Å². The lowest BCUT2D eigenvalue weighted by atomic mass is 9.99. The van der Waals surface area contributed by atoms with Crippen LogP contribution in [0, 0.1) is 5.92 Å². The van der Waals surface area contributed by atoms with Gasteiger partial charge < -0.3 is 15.7 Å². The van der Waals surface area contributed by atoms with E-state index in [-0.39, 0.29) is 37.4 Å². The highest BCUT2D eigenvalue weighted by Gasteiger charge is 2.39. The summed E-state index contributed by atoms with van der Waals surface area (Å²) >= 11 is 5.92. The third-order valence-electron chi connectivity index (χ3n) is 4.60. The highest BCUT2D eigenvalue weighted by molar-refractivity contribution is 6.30. The molecule has 142 valence electrons. The van der Waals surface area contributed by atoms with Crippen molar-refractivity contribution in [2.45, 2.75) is 45.3 Å². The molecule has 3 N–H and O–H groups in total. The molecule has 1 heterocycles. The van der Waals surface area contributed by atoms with E-state index < -0.39 is 18.0 Å². The topological polar surface area (TPSA) is 98.7 Å². The molecule has 8 heteroatoms. The van der Waals surface area contributed by atoms with Crippen LogP contribution in [0.3, 0.4) is 0 Å². The summed E-state index contributed by atoms with van der Waals surface area (Å²) in [5, 5.41) is 15.2. The van der Waals surface area contributed by atoms with E-state index >= 15 is 0 Å². The van der Waals surface area contributed by atoms with Gasteiger partial charge in [0.05, 0.1) is 25.6 Å². The second-order valence-corrected chi connectivity index (χ2v) is 6.94. The Kier molecular flexibility index (Phi) is 6.99. The van der Waals surface area contributed by atoms with Gasteiger partial charge in [0, 0.05) is 5.02 Å². The molecule has 0 radical (unpaired) electrons. The van der Waals surface area contributed by atoms with Gasteiger partial charge in [-0.05, 0) is 23.6 Å². The number of carbonyl (C=O) groups is 3. The monoisotopic (exact) mass is 381 g/mol. The molecule has 1 aromatic carbocycles. The zero-order chi connectivity index (χ0) is 19.3. The first kappa shape index (κ1) is 20.2. The fourth-order valence-corrected chi connectivity index (χ4v) is 3.00. The predicted molar refractivity (Wildman–Crippen MR) is 97.4 cm³/mol. The van der Waals surface area contributed by atoms with E-state index in [0.717, 1.165) is 16.9 Å². The number of urea groups is 1. The van der Waals surface area contributed by atoms with Crippen LogP contribution >= 0.6 is 11.6 Å². The average Bonchev–Trinajstić information content (AvgIpc) is 2.86. The van der Waals surface area contributed by atoms with Crippen LogP contribution in [0.5, 0.6) is 0 Å². The van der Waals surface area contributed by atoms with E-state index in [9.17, 15) is 19.5 Å². The smallest absolute Gasteiger partial charge is 0.325 e. The highest BCUT2D eigenvalue weighted by Crippen LogP contribution is 2.17. The van der Waals surface area contributed by atoms with E-state index in [4.69, 9.17) is 11.6 Å². The van der Waals surface area contributed by atoms with Gasteiger partial charge >= 0.3 is 6.03 Å². The second-order valence-electron chi connectivity index (χ2n) is 6.50. The molecule has 0 spiro atoms. The number of nitrogens with zero attached hydrogens (tertiary/aromatic N) is 1. The zero-order valence-corrected chi connectivity index (χ0v) is 15.6. The Morgan fingerprint density at radius 2 is 2.15 bits per heavy atom. The maximum Gasteiger partial charge on any atom is 0.325 e. The standard InChI is InChI=1S/C18H24ClN3O4/c1-3-11(2)15(10-23)20-16(24)8-14-17(25)22(18(26)21-14)9-12-5-4-6-13(19)7-12/h4-7,11,14-15,23H,3,8-10H2,1-2H3,(H,20,24)(H,21,26). The fraction of sp³-hybridized carbons (Fsp3) is 0.500. The van der Waals surface area contributed by atoms with Crippen LogP contribution in [-0.2, 0) is 16.1 Å². The molecule has 3 unspecified atom stereocenters. The zero-order valence-electron chi connectivity index (χ0n) is 14.9. The number of carbonyl (C=O) groups excluding carboxylic acids is 3. The van der Waals surface area contributed by atoms with Crippen LogP contribution in [0.4, 0.5) is 4.79 Å². The molecule has 0 aliphatic carbocycles. The van der Waals surface area contributed by atoms with Gasteiger partial charge in [-0.2, -0.15) is 0 Å². The molecule has 7 nitrogen and oxygen atoms in total. The highest BCUT2D eigenvalue weighted by atomic mass is 35.5. The predicted octanol–water partition coefficient (Wildman–Crippen LogP) is 1.67. The number of aliphatic hydroxyl groups is 1. The molecule has 1 fully saturated rings. The summed E-state index contributed by atoms with van der Waals surface area (Å²) in [6, 6.07) is 5.09. The van der Waals surface area contributed by atoms with Crippen molar-refractivity contribution in [3.05, 3.63) is 34.9 Å². The van der Waals surface area contributed by atoms with Gasteiger partial charge in [-0.1, -0.05) is 44.0 Å². The number of hydrogen-bond acceptors (Lipinski definition) is 4. The van der Waals surface area contributed by atoms with Crippen molar-refractivity contribution in [3.63, 3.8) is 0 Å². The number of nitrogens with one attached hydrogen (secondary N) is 2. The van der Waals surface area contributed by atoms with Gasteiger partial charge in [0.2, 0.25) is 5.91 Å². The van der Waals surface area contributed by atoms with Crippen molar-refractivity contribution < 1.29 is 19.5 Å². The molecule has 1 aromatic rings. The van der Waals surface area contributed by atoms with Gasteiger partial charge in [-0.15, -0.1) is 0 Å². The minimum absolute atomic E-state index is 0.0927. The molecule has 2 rings (SSSR count). The molecular weight excluding hydrogens is 358 g/mol. The Morgan fingerprint density at radius 1 is 1.42 bits per heavy atom. The summed E-state index contributed by atoms with van der Waals surface area (Å²) < 4.78 is 0. The summed E-state index contributed by atoms with van der Waals surface area (Å²) in [6.07, 6.45) is 0.640. The lowest BCUT2D eigenvalue weighted by Crippen LogP contribution is -2.44. The minimum atomic E-state index is -0.905. The molecule has 0 aromatic heterocycles. The van der Waals surface area contributed by atoms with E-state index in [1.807, 2.05) is 13.8 Å². The number of amides is 4. The third-order valence-corrected chi connectivity index (χ3v) is 4.84. The van der Waals surface area contributed by atoms with Gasteiger partial charge in [0.1, 0.15) is 6.04 Å². The van der Waals surface area contributed by atoms with Crippen molar-refractivity contribution in [3.8, 4) is 0 Å². The minimum Gasteiger partial charge on any atom is -0.394 e. The number of imide groups is 1. The van der Waals surface area contributed by atoms with Crippen molar-refractivity contribution in [2.75, 3.05) is 6.61 Å². The maximum atomic E-state index is 12.5. The summed E-state index contributed by atoms with van der Waals surface area (Å²) in [7, 11) is 0. The summed E-state index contributed by atoms with van der Waals surface area (Å²) in [5.41, 5.74) is 0.725. The number of benzene rings is 1. The number of rotatable bonds is 8. The van der Waals surface area contributed by atoms with Crippen LogP contribution in [0.15, 0.2) is 24.3 Å². The van der Waals surface area contributed by atoms with E-state index in [1.54, 1.807) is 24.3 Å². The molecule has 26 heavy (non-hydrogen) atoms. The van der Waals surface area contributed by atoms with Crippen LogP contribution in [0.25, 0.3) is 0 Å². The molecule has 0 saturated carbocycles. The van der Waals surface area contributed by atoms with E-state index in [2.05, 4.69) is 10.6 Å². The second kappa shape index (κ2) is 9.00. The van der Waals surface area contributed by atoms with E-state index in [0.29, 0.717) is 5.02 Å².